The fraction of sp³-hybridized carbons (Fsp3) is 0.692. The number of nitrogens with two attached hydrogens (primary N) is 1. The van der Waals surface area contributed by atoms with Gasteiger partial charge in [-0.3, -0.25) is 9.89 Å². The third-order valence-electron chi connectivity index (χ3n) is 3.44. The van der Waals surface area contributed by atoms with Crippen LogP contribution in [0.15, 0.2) is 0 Å². The van der Waals surface area contributed by atoms with E-state index in [9.17, 15) is 4.79 Å². The minimum Gasteiger partial charge on any atom is -0.395 e. The Balaban J connectivity index is 2.08. The molecule has 0 atom stereocenters. The van der Waals surface area contributed by atoms with Crippen LogP contribution < -0.4 is 5.73 Å². The summed E-state index contributed by atoms with van der Waals surface area (Å²) in [5.74, 6) is 0.259. The van der Waals surface area contributed by atoms with E-state index in [0.717, 1.165) is 18.5 Å². The van der Waals surface area contributed by atoms with Crippen molar-refractivity contribution >= 4 is 11.6 Å². The molecule has 112 valence electrons. The lowest BCUT2D eigenvalue weighted by Gasteiger charge is -2.21. The van der Waals surface area contributed by atoms with Crippen molar-refractivity contribution in [2.24, 2.45) is 0 Å². The molecule has 3 N–H and O–H groups in total. The maximum atomic E-state index is 12.5. The normalized spacial score (nSPS) is 14.5. The van der Waals surface area contributed by atoms with E-state index in [4.69, 9.17) is 15.2 Å². The van der Waals surface area contributed by atoms with Crippen LogP contribution in [0.3, 0.4) is 0 Å². The molecule has 0 radical (unpaired) electrons. The highest BCUT2D eigenvalue weighted by molar-refractivity contribution is 5.97. The lowest BCUT2D eigenvalue weighted by Crippen LogP contribution is -2.37. The summed E-state index contributed by atoms with van der Waals surface area (Å²) in [6, 6.07) is 0. The SMILES string of the molecule is COCCN(CCOC)C(=O)c1n[nH]c(C2CC2)c1N. The van der Waals surface area contributed by atoms with Crippen molar-refractivity contribution in [3.63, 3.8) is 0 Å². The van der Waals surface area contributed by atoms with Crippen LogP contribution in [0, 0.1) is 0 Å². The van der Waals surface area contributed by atoms with Gasteiger partial charge in [-0.1, -0.05) is 0 Å². The van der Waals surface area contributed by atoms with Gasteiger partial charge in [0, 0.05) is 33.2 Å². The molecule has 1 amide bonds. The molecule has 7 nitrogen and oxygen atoms in total. The van der Waals surface area contributed by atoms with Crippen LogP contribution in [0.4, 0.5) is 5.69 Å². The van der Waals surface area contributed by atoms with Gasteiger partial charge in [-0.25, -0.2) is 0 Å². The van der Waals surface area contributed by atoms with Crippen molar-refractivity contribution < 1.29 is 14.3 Å². The second-order valence-electron chi connectivity index (χ2n) is 4.95. The third kappa shape index (κ3) is 3.29. The summed E-state index contributed by atoms with van der Waals surface area (Å²) >= 11 is 0. The van der Waals surface area contributed by atoms with Crippen molar-refractivity contribution in [3.05, 3.63) is 11.4 Å². The number of rotatable bonds is 8. The van der Waals surface area contributed by atoms with Crippen molar-refractivity contribution in [3.8, 4) is 0 Å². The van der Waals surface area contributed by atoms with E-state index in [1.54, 1.807) is 19.1 Å². The molecule has 1 saturated carbocycles. The fourth-order valence-corrected chi connectivity index (χ4v) is 2.08. The smallest absolute Gasteiger partial charge is 0.276 e. The first kappa shape index (κ1) is 14.8. The van der Waals surface area contributed by atoms with E-state index in [-0.39, 0.29) is 5.91 Å². The summed E-state index contributed by atoms with van der Waals surface area (Å²) in [6.07, 6.45) is 2.22. The molecule has 0 unspecified atom stereocenters. The largest absolute Gasteiger partial charge is 0.395 e. The minimum atomic E-state index is -0.181. The van der Waals surface area contributed by atoms with Gasteiger partial charge in [0.05, 0.1) is 24.6 Å². The number of carbonyl (C=O) groups is 1. The number of H-pyrrole nitrogens is 1. The van der Waals surface area contributed by atoms with Crippen molar-refractivity contribution in [2.75, 3.05) is 46.3 Å². The maximum Gasteiger partial charge on any atom is 0.276 e. The zero-order valence-corrected chi connectivity index (χ0v) is 12.0. The fourth-order valence-electron chi connectivity index (χ4n) is 2.08. The zero-order chi connectivity index (χ0) is 14.5. The average Bonchev–Trinajstić information content (AvgIpc) is 3.21. The molecule has 1 fully saturated rings. The minimum absolute atomic E-state index is 0.181. The number of amides is 1. The molecule has 1 heterocycles. The Bertz CT molecular complexity index is 448. The molecular weight excluding hydrogens is 260 g/mol. The molecule has 2 rings (SSSR count). The van der Waals surface area contributed by atoms with Crippen LogP contribution >= 0.6 is 0 Å². The molecule has 0 aromatic carbocycles. The van der Waals surface area contributed by atoms with E-state index in [0.29, 0.717) is 43.6 Å². The van der Waals surface area contributed by atoms with Crippen molar-refractivity contribution in [1.82, 2.24) is 15.1 Å². The number of aromatic amines is 1. The zero-order valence-electron chi connectivity index (χ0n) is 12.0. The second kappa shape index (κ2) is 6.71. The van der Waals surface area contributed by atoms with Crippen LogP contribution in [-0.4, -0.2) is 61.5 Å². The monoisotopic (exact) mass is 282 g/mol. The first-order valence-corrected chi connectivity index (χ1v) is 6.80. The number of anilines is 1. The molecule has 1 aromatic rings. The Morgan fingerprint density at radius 3 is 2.45 bits per heavy atom. The molecule has 7 heteroatoms. The molecule has 20 heavy (non-hydrogen) atoms. The van der Waals surface area contributed by atoms with E-state index < -0.39 is 0 Å². The van der Waals surface area contributed by atoms with Gasteiger partial charge in [0.2, 0.25) is 0 Å². The highest BCUT2D eigenvalue weighted by atomic mass is 16.5. The maximum absolute atomic E-state index is 12.5. The predicted octanol–water partition coefficient (Wildman–Crippen LogP) is 0.604. The molecular formula is C13H22N4O3. The van der Waals surface area contributed by atoms with E-state index >= 15 is 0 Å². The number of nitrogen functional groups attached to an aromatic ring is 1. The summed E-state index contributed by atoms with van der Waals surface area (Å²) < 4.78 is 10.1. The Labute approximate surface area is 118 Å². The van der Waals surface area contributed by atoms with Gasteiger partial charge in [-0.2, -0.15) is 5.10 Å². The number of ether oxygens (including phenoxy) is 2. The summed E-state index contributed by atoms with van der Waals surface area (Å²) in [5, 5.41) is 6.99. The highest BCUT2D eigenvalue weighted by Gasteiger charge is 2.31. The number of aromatic nitrogens is 2. The van der Waals surface area contributed by atoms with Crippen LogP contribution in [0.1, 0.15) is 34.9 Å². The number of methoxy groups -OCH3 is 2. The van der Waals surface area contributed by atoms with Gasteiger partial charge >= 0.3 is 0 Å². The first-order chi connectivity index (χ1) is 9.69. The molecule has 1 aliphatic carbocycles. The van der Waals surface area contributed by atoms with E-state index in [1.807, 2.05) is 0 Å². The van der Waals surface area contributed by atoms with Gasteiger partial charge < -0.3 is 20.1 Å². The van der Waals surface area contributed by atoms with Crippen LogP contribution in [0.25, 0.3) is 0 Å². The molecule has 1 aromatic heterocycles. The molecule has 0 saturated heterocycles. The Kier molecular flexibility index (Phi) is 4.97. The Hall–Kier alpha value is -1.60. The van der Waals surface area contributed by atoms with Crippen LogP contribution in [0.2, 0.25) is 0 Å². The second-order valence-corrected chi connectivity index (χ2v) is 4.95. The van der Waals surface area contributed by atoms with Gasteiger partial charge in [0.25, 0.3) is 5.91 Å². The lowest BCUT2D eigenvalue weighted by molar-refractivity contribution is 0.0623. The molecule has 0 spiro atoms. The average molecular weight is 282 g/mol. The van der Waals surface area contributed by atoms with E-state index in [1.165, 1.54) is 0 Å². The number of hydrogen-bond acceptors (Lipinski definition) is 5. The number of nitrogens with zero attached hydrogens (tertiary/aromatic N) is 2. The molecule has 0 bridgehead atoms. The van der Waals surface area contributed by atoms with Crippen LogP contribution in [-0.2, 0) is 9.47 Å². The Morgan fingerprint density at radius 1 is 1.35 bits per heavy atom. The third-order valence-corrected chi connectivity index (χ3v) is 3.44. The highest BCUT2D eigenvalue weighted by Crippen LogP contribution is 2.42. The Morgan fingerprint density at radius 2 is 1.95 bits per heavy atom. The number of hydrogen-bond donors (Lipinski definition) is 2. The van der Waals surface area contributed by atoms with Gasteiger partial charge in [0.1, 0.15) is 0 Å². The summed E-state index contributed by atoms with van der Waals surface area (Å²) in [7, 11) is 3.21. The quantitative estimate of drug-likeness (QED) is 0.728. The van der Waals surface area contributed by atoms with Gasteiger partial charge in [0.15, 0.2) is 5.69 Å². The number of carbonyl (C=O) groups excluding carboxylic acids is 1. The van der Waals surface area contributed by atoms with E-state index in [2.05, 4.69) is 10.2 Å². The summed E-state index contributed by atoms with van der Waals surface area (Å²) in [4.78, 5) is 14.1. The van der Waals surface area contributed by atoms with Crippen molar-refractivity contribution in [1.29, 1.82) is 0 Å². The van der Waals surface area contributed by atoms with Crippen LogP contribution in [0.5, 0.6) is 0 Å². The topological polar surface area (TPSA) is 93.5 Å². The standard InChI is InChI=1S/C13H22N4O3/c1-19-7-5-17(6-8-20-2)13(18)12-10(14)11(15-16-12)9-3-4-9/h9H,3-8,14H2,1-2H3,(H,15,16). The number of nitrogens with one attached hydrogen (secondary N) is 1. The molecule has 0 aliphatic heterocycles. The van der Waals surface area contributed by atoms with Gasteiger partial charge in [-0.15, -0.1) is 0 Å². The lowest BCUT2D eigenvalue weighted by atomic mass is 10.2. The predicted molar refractivity (Wildman–Crippen MR) is 74.6 cm³/mol. The molecule has 1 aliphatic rings. The van der Waals surface area contributed by atoms with Gasteiger partial charge in [-0.05, 0) is 12.8 Å². The summed E-state index contributed by atoms with van der Waals surface area (Å²) in [5.41, 5.74) is 7.72. The first-order valence-electron chi connectivity index (χ1n) is 6.80. The van der Waals surface area contributed by atoms with Crippen molar-refractivity contribution in [2.45, 2.75) is 18.8 Å². The summed E-state index contributed by atoms with van der Waals surface area (Å²) in [6.45, 7) is 1.91.